The van der Waals surface area contributed by atoms with Crippen LogP contribution in [0.15, 0.2) is 23.7 Å². The minimum absolute atomic E-state index is 0.101. The predicted molar refractivity (Wildman–Crippen MR) is 101 cm³/mol. The number of nitrogens with zero attached hydrogens (tertiary/aromatic N) is 4. The number of piperazine rings is 1. The van der Waals surface area contributed by atoms with Crippen molar-refractivity contribution in [1.29, 1.82) is 0 Å². The zero-order valence-electron chi connectivity index (χ0n) is 14.9. The van der Waals surface area contributed by atoms with E-state index >= 15 is 0 Å². The Balaban J connectivity index is 1.56. The maximum absolute atomic E-state index is 12.4. The molecule has 2 aromatic heterocycles. The van der Waals surface area contributed by atoms with Gasteiger partial charge in [-0.15, -0.1) is 11.3 Å². The summed E-state index contributed by atoms with van der Waals surface area (Å²) in [4.78, 5) is 27.2. The van der Waals surface area contributed by atoms with Gasteiger partial charge < -0.3 is 15.1 Å². The number of hydrogen-bond acceptors (Lipinski definition) is 6. The van der Waals surface area contributed by atoms with Gasteiger partial charge in [0.15, 0.2) is 0 Å². The highest BCUT2D eigenvalue weighted by atomic mass is 32.1. The van der Waals surface area contributed by atoms with Crippen molar-refractivity contribution < 1.29 is 4.79 Å². The zero-order valence-corrected chi connectivity index (χ0v) is 15.7. The normalized spacial score (nSPS) is 15.4. The van der Waals surface area contributed by atoms with E-state index in [1.807, 2.05) is 18.4 Å². The molecule has 134 valence electrons. The summed E-state index contributed by atoms with van der Waals surface area (Å²) in [6.45, 7) is 9.69. The van der Waals surface area contributed by atoms with Gasteiger partial charge in [-0.2, -0.15) is 0 Å². The Labute approximate surface area is 152 Å². The number of anilines is 1. The summed E-state index contributed by atoms with van der Waals surface area (Å²) in [5.41, 5.74) is 1.29. The number of aryl methyl sites for hydroxylation is 1. The summed E-state index contributed by atoms with van der Waals surface area (Å²) in [5.74, 6) is 0.625. The number of carbonyl (C=O) groups is 1. The third-order valence-corrected chi connectivity index (χ3v) is 5.49. The van der Waals surface area contributed by atoms with Crippen LogP contribution < -0.4 is 10.2 Å². The van der Waals surface area contributed by atoms with Gasteiger partial charge >= 0.3 is 0 Å². The summed E-state index contributed by atoms with van der Waals surface area (Å²) in [6, 6.07) is 4.11. The maximum atomic E-state index is 12.4. The van der Waals surface area contributed by atoms with Crippen molar-refractivity contribution in [3.63, 3.8) is 0 Å². The Bertz CT molecular complexity index is 695. The van der Waals surface area contributed by atoms with E-state index in [-0.39, 0.29) is 5.91 Å². The van der Waals surface area contributed by atoms with Crippen molar-refractivity contribution in [1.82, 2.24) is 20.2 Å². The average molecular weight is 359 g/mol. The maximum Gasteiger partial charge on any atom is 0.254 e. The van der Waals surface area contributed by atoms with E-state index in [1.54, 1.807) is 17.5 Å². The van der Waals surface area contributed by atoms with E-state index in [4.69, 9.17) is 0 Å². The lowest BCUT2D eigenvalue weighted by atomic mass is 10.2. The summed E-state index contributed by atoms with van der Waals surface area (Å²) in [7, 11) is 0. The number of aromatic nitrogens is 2. The number of thiophene rings is 1. The van der Waals surface area contributed by atoms with Crippen LogP contribution in [0.5, 0.6) is 0 Å². The number of likely N-dealkylation sites (N-methyl/N-ethyl adjacent to an activating group) is 1. The Kier molecular flexibility index (Phi) is 5.99. The third kappa shape index (κ3) is 4.55. The second-order valence-corrected chi connectivity index (χ2v) is 7.21. The standard InChI is InChI=1S/C18H25N5OS/c1-3-22-8-10-23(11-9-22)18-20-13-16(14(2)21-18)17(24)19-7-6-15-5-4-12-25-15/h4-5,12-13H,3,6-11H2,1-2H3,(H,19,24). The fraction of sp³-hybridized carbons (Fsp3) is 0.500. The van der Waals surface area contributed by atoms with Crippen LogP contribution in [-0.4, -0.2) is 60.0 Å². The molecule has 1 N–H and O–H groups in total. The van der Waals surface area contributed by atoms with Gasteiger partial charge in [0, 0.05) is 43.8 Å². The van der Waals surface area contributed by atoms with Crippen LogP contribution in [0.1, 0.15) is 27.9 Å². The molecule has 0 spiro atoms. The Morgan fingerprint density at radius 3 is 2.76 bits per heavy atom. The second kappa shape index (κ2) is 8.40. The molecular weight excluding hydrogens is 334 g/mol. The highest BCUT2D eigenvalue weighted by Crippen LogP contribution is 2.14. The molecule has 25 heavy (non-hydrogen) atoms. The van der Waals surface area contributed by atoms with Gasteiger partial charge in [0.2, 0.25) is 5.95 Å². The van der Waals surface area contributed by atoms with E-state index < -0.39 is 0 Å². The molecule has 0 radical (unpaired) electrons. The first-order chi connectivity index (χ1) is 12.2. The highest BCUT2D eigenvalue weighted by molar-refractivity contribution is 7.09. The van der Waals surface area contributed by atoms with E-state index in [0.29, 0.717) is 12.1 Å². The van der Waals surface area contributed by atoms with Crippen LogP contribution in [0, 0.1) is 6.92 Å². The second-order valence-electron chi connectivity index (χ2n) is 6.18. The van der Waals surface area contributed by atoms with Crippen LogP contribution in [0.2, 0.25) is 0 Å². The van der Waals surface area contributed by atoms with Crippen molar-refractivity contribution in [3.05, 3.63) is 39.8 Å². The SMILES string of the molecule is CCN1CCN(c2ncc(C(=O)NCCc3cccs3)c(C)n2)CC1. The summed E-state index contributed by atoms with van der Waals surface area (Å²) < 4.78 is 0. The van der Waals surface area contributed by atoms with Crippen molar-refractivity contribution in [2.24, 2.45) is 0 Å². The largest absolute Gasteiger partial charge is 0.352 e. The Hall–Kier alpha value is -1.99. The molecule has 0 aromatic carbocycles. The fourth-order valence-corrected chi connectivity index (χ4v) is 3.65. The molecule has 0 aliphatic carbocycles. The molecule has 3 heterocycles. The molecule has 0 saturated carbocycles. The lowest BCUT2D eigenvalue weighted by molar-refractivity contribution is 0.0953. The van der Waals surface area contributed by atoms with Crippen LogP contribution in [0.4, 0.5) is 5.95 Å². The van der Waals surface area contributed by atoms with Gasteiger partial charge in [0.05, 0.1) is 11.3 Å². The molecule has 1 aliphatic rings. The number of carbonyl (C=O) groups excluding carboxylic acids is 1. The van der Waals surface area contributed by atoms with Gasteiger partial charge in [-0.3, -0.25) is 4.79 Å². The lowest BCUT2D eigenvalue weighted by Gasteiger charge is -2.34. The minimum Gasteiger partial charge on any atom is -0.352 e. The van der Waals surface area contributed by atoms with Crippen molar-refractivity contribution >= 4 is 23.2 Å². The van der Waals surface area contributed by atoms with Gasteiger partial charge in [-0.05, 0) is 31.3 Å². The third-order valence-electron chi connectivity index (χ3n) is 4.55. The summed E-state index contributed by atoms with van der Waals surface area (Å²) >= 11 is 1.71. The first kappa shape index (κ1) is 17.8. The molecular formula is C18H25N5OS. The molecule has 0 unspecified atom stereocenters. The van der Waals surface area contributed by atoms with E-state index in [0.717, 1.165) is 50.8 Å². The monoisotopic (exact) mass is 359 g/mol. The number of hydrogen-bond donors (Lipinski definition) is 1. The van der Waals surface area contributed by atoms with Crippen molar-refractivity contribution in [2.45, 2.75) is 20.3 Å². The summed E-state index contributed by atoms with van der Waals surface area (Å²) in [5, 5.41) is 5.01. The first-order valence-electron chi connectivity index (χ1n) is 8.79. The molecule has 1 fully saturated rings. The van der Waals surface area contributed by atoms with E-state index in [2.05, 4.69) is 38.1 Å². The highest BCUT2D eigenvalue weighted by Gasteiger charge is 2.19. The topological polar surface area (TPSA) is 61.4 Å². The van der Waals surface area contributed by atoms with E-state index in [9.17, 15) is 4.79 Å². The van der Waals surface area contributed by atoms with Crippen LogP contribution in [0.3, 0.4) is 0 Å². The van der Waals surface area contributed by atoms with Crippen LogP contribution in [-0.2, 0) is 6.42 Å². The minimum atomic E-state index is -0.101. The van der Waals surface area contributed by atoms with Gasteiger partial charge in [-0.25, -0.2) is 9.97 Å². The Morgan fingerprint density at radius 2 is 2.12 bits per heavy atom. The molecule has 1 saturated heterocycles. The quantitative estimate of drug-likeness (QED) is 0.854. The molecule has 1 aliphatic heterocycles. The first-order valence-corrected chi connectivity index (χ1v) is 9.67. The molecule has 0 atom stereocenters. The smallest absolute Gasteiger partial charge is 0.254 e. The molecule has 1 amide bonds. The molecule has 0 bridgehead atoms. The number of nitrogens with one attached hydrogen (secondary N) is 1. The van der Waals surface area contributed by atoms with E-state index in [1.165, 1.54) is 4.88 Å². The molecule has 7 heteroatoms. The van der Waals surface area contributed by atoms with Gasteiger partial charge in [-0.1, -0.05) is 13.0 Å². The summed E-state index contributed by atoms with van der Waals surface area (Å²) in [6.07, 6.45) is 2.51. The van der Waals surface area contributed by atoms with Crippen molar-refractivity contribution in [2.75, 3.05) is 44.2 Å². The van der Waals surface area contributed by atoms with Crippen LogP contribution >= 0.6 is 11.3 Å². The molecule has 6 nitrogen and oxygen atoms in total. The molecule has 2 aromatic rings. The number of amides is 1. The fourth-order valence-electron chi connectivity index (χ4n) is 2.94. The van der Waals surface area contributed by atoms with Crippen molar-refractivity contribution in [3.8, 4) is 0 Å². The predicted octanol–water partition coefficient (Wildman–Crippen LogP) is 1.96. The van der Waals surface area contributed by atoms with Crippen LogP contribution in [0.25, 0.3) is 0 Å². The van der Waals surface area contributed by atoms with Gasteiger partial charge in [0.1, 0.15) is 0 Å². The molecule has 3 rings (SSSR count). The van der Waals surface area contributed by atoms with Gasteiger partial charge in [0.25, 0.3) is 5.91 Å². The number of rotatable bonds is 6. The zero-order chi connectivity index (χ0) is 17.6. The lowest BCUT2D eigenvalue weighted by Crippen LogP contribution is -2.46. The Morgan fingerprint density at radius 1 is 1.32 bits per heavy atom. The average Bonchev–Trinajstić information content (AvgIpc) is 3.15.